The predicted molar refractivity (Wildman–Crippen MR) is 222 cm³/mol. The number of amides is 1. The summed E-state index contributed by atoms with van der Waals surface area (Å²) in [5.41, 5.74) is 1.44. The molecule has 8 rings (SSSR count). The molecule has 1 aliphatic heterocycles. The van der Waals surface area contributed by atoms with Crippen molar-refractivity contribution in [3.8, 4) is 0 Å². The number of carbonyl (C=O) groups excluding carboxylic acids is 1. The van der Waals surface area contributed by atoms with Crippen molar-refractivity contribution in [3.63, 3.8) is 0 Å². The first kappa shape index (κ1) is 39.1. The number of fused-ring (bicyclic) bond motifs is 1. The molecule has 0 spiro atoms. The summed E-state index contributed by atoms with van der Waals surface area (Å²) in [6.07, 6.45) is 0.866. The Morgan fingerprint density at radius 3 is 1.90 bits per heavy atom. The summed E-state index contributed by atoms with van der Waals surface area (Å²) in [4.78, 5) is 29.6. The van der Waals surface area contributed by atoms with Crippen LogP contribution in [0.15, 0.2) is 155 Å². The third-order valence-corrected chi connectivity index (χ3v) is 12.5. The van der Waals surface area contributed by atoms with Gasteiger partial charge in [-0.05, 0) is 79.2 Å². The van der Waals surface area contributed by atoms with Crippen LogP contribution in [0.3, 0.4) is 0 Å². The summed E-state index contributed by atoms with van der Waals surface area (Å²) in [6.45, 7) is 3.01. The lowest BCUT2D eigenvalue weighted by Gasteiger charge is -2.37. The first-order chi connectivity index (χ1) is 28.5. The molecule has 298 valence electrons. The van der Waals surface area contributed by atoms with Gasteiger partial charge in [-0.15, -0.1) is 0 Å². The van der Waals surface area contributed by atoms with Crippen molar-refractivity contribution in [3.05, 3.63) is 190 Å². The first-order valence-corrected chi connectivity index (χ1v) is 20.4. The third kappa shape index (κ3) is 7.32. The van der Waals surface area contributed by atoms with E-state index in [2.05, 4.69) is 15.1 Å². The number of nitro benzene ring substituents is 1. The van der Waals surface area contributed by atoms with Gasteiger partial charge in [-0.3, -0.25) is 14.9 Å². The Morgan fingerprint density at radius 2 is 1.32 bits per heavy atom. The van der Waals surface area contributed by atoms with Crippen LogP contribution in [0.2, 0.25) is 0 Å². The van der Waals surface area contributed by atoms with Crippen LogP contribution in [0.1, 0.15) is 33.5 Å². The Kier molecular flexibility index (Phi) is 10.5. The van der Waals surface area contributed by atoms with Gasteiger partial charge in [0, 0.05) is 42.8 Å². The minimum Gasteiger partial charge on any atom is -0.370 e. The van der Waals surface area contributed by atoms with Crippen LogP contribution in [0.4, 0.5) is 26.0 Å². The van der Waals surface area contributed by atoms with Gasteiger partial charge in [0.25, 0.3) is 11.6 Å². The van der Waals surface area contributed by atoms with E-state index in [1.807, 2.05) is 98.0 Å². The number of halogens is 2. The lowest BCUT2D eigenvalue weighted by molar-refractivity contribution is -0.385. The Labute approximate surface area is 339 Å². The van der Waals surface area contributed by atoms with Gasteiger partial charge < -0.3 is 15.1 Å². The molecule has 7 aromatic rings. The van der Waals surface area contributed by atoms with Crippen molar-refractivity contribution < 1.29 is 26.9 Å². The van der Waals surface area contributed by atoms with Gasteiger partial charge in [0.1, 0.15) is 22.7 Å². The van der Waals surface area contributed by atoms with Gasteiger partial charge in [0.15, 0.2) is 5.82 Å². The zero-order valence-electron chi connectivity index (χ0n) is 31.8. The lowest BCUT2D eigenvalue weighted by Crippen LogP contribution is -2.38. The number of anilines is 2. The van der Waals surface area contributed by atoms with Crippen molar-refractivity contribution in [1.29, 1.82) is 0 Å². The number of nitro groups is 1. The van der Waals surface area contributed by atoms with Gasteiger partial charge in [-0.1, -0.05) is 91.0 Å². The predicted octanol–water partition coefficient (Wildman–Crippen LogP) is 8.29. The number of likely N-dealkylation sites (N-methyl/N-ethyl adjacent to an activating group) is 1. The Hall–Kier alpha value is -6.77. The zero-order chi connectivity index (χ0) is 41.3. The number of rotatable bonds is 10. The molecule has 14 heteroatoms. The van der Waals surface area contributed by atoms with Crippen molar-refractivity contribution in [2.24, 2.45) is 0 Å². The zero-order valence-corrected chi connectivity index (χ0v) is 32.6. The van der Waals surface area contributed by atoms with Gasteiger partial charge in [0.2, 0.25) is 9.84 Å². The van der Waals surface area contributed by atoms with Crippen molar-refractivity contribution >= 4 is 43.8 Å². The second-order valence-corrected chi connectivity index (χ2v) is 16.4. The summed E-state index contributed by atoms with van der Waals surface area (Å²) in [6, 6.07) is 39.3. The molecule has 59 heavy (non-hydrogen) atoms. The summed E-state index contributed by atoms with van der Waals surface area (Å²) in [5, 5.41) is 20.5. The van der Waals surface area contributed by atoms with E-state index in [1.54, 1.807) is 10.7 Å². The summed E-state index contributed by atoms with van der Waals surface area (Å²) in [5.74, 6) is -3.09. The van der Waals surface area contributed by atoms with Gasteiger partial charge in [0.05, 0.1) is 20.2 Å². The van der Waals surface area contributed by atoms with Gasteiger partial charge in [-0.25, -0.2) is 21.9 Å². The molecule has 1 fully saturated rings. The first-order valence-electron chi connectivity index (χ1n) is 18.9. The molecular weight excluding hydrogens is 775 g/mol. The highest BCUT2D eigenvalue weighted by atomic mass is 32.2. The van der Waals surface area contributed by atoms with E-state index in [-0.39, 0.29) is 21.7 Å². The summed E-state index contributed by atoms with van der Waals surface area (Å²) >= 11 is 0. The second kappa shape index (κ2) is 15.9. The molecular formula is C45H38F2N6O5S. The molecule has 0 atom stereocenters. The number of nitrogens with one attached hydrogen (secondary N) is 1. The molecule has 0 radical (unpaired) electrons. The topological polar surface area (TPSA) is 131 Å². The van der Waals surface area contributed by atoms with Gasteiger partial charge >= 0.3 is 0 Å². The van der Waals surface area contributed by atoms with Crippen LogP contribution in [0.5, 0.6) is 0 Å². The fraction of sp³-hybridized carbons (Fsp3) is 0.156. The third-order valence-electron chi connectivity index (χ3n) is 10.7. The summed E-state index contributed by atoms with van der Waals surface area (Å²) in [7, 11) is -2.50. The molecule has 1 saturated heterocycles. The highest BCUT2D eigenvalue weighted by molar-refractivity contribution is 7.91. The van der Waals surface area contributed by atoms with E-state index >= 15 is 0 Å². The molecule has 1 N–H and O–H groups in total. The Balaban J connectivity index is 1.35. The molecule has 11 nitrogen and oxygen atoms in total. The highest BCUT2D eigenvalue weighted by Crippen LogP contribution is 2.44. The highest BCUT2D eigenvalue weighted by Gasteiger charge is 2.41. The number of nitrogens with zero attached hydrogens (tertiary/aromatic N) is 5. The second-order valence-electron chi connectivity index (χ2n) is 14.4. The van der Waals surface area contributed by atoms with E-state index in [0.29, 0.717) is 30.4 Å². The average Bonchev–Trinajstić information content (AvgIpc) is 3.44. The number of aromatic nitrogens is 2. The molecule has 1 aromatic heterocycles. The fourth-order valence-electron chi connectivity index (χ4n) is 7.88. The quantitative estimate of drug-likeness (QED) is 0.0830. The maximum Gasteiger partial charge on any atom is 0.284 e. The smallest absolute Gasteiger partial charge is 0.284 e. The molecule has 6 aromatic carbocycles. The number of hydrogen-bond acceptors (Lipinski definition) is 8. The number of hydrogen-bond donors (Lipinski definition) is 1. The monoisotopic (exact) mass is 812 g/mol. The van der Waals surface area contributed by atoms with E-state index < -0.39 is 48.4 Å². The average molecular weight is 813 g/mol. The fourth-order valence-corrected chi connectivity index (χ4v) is 9.20. The maximum atomic E-state index is 14.3. The van der Waals surface area contributed by atoms with Crippen LogP contribution in [-0.2, 0) is 15.4 Å². The number of carbonyl (C=O) groups is 1. The SMILES string of the molecule is CN1CCCN(c2ccc(C(=O)Nc3nn(C(c4ccccc4)(c4ccccc4)c4ccccc4)c4ccc(S(=O)(=O)c5cc(F)cc(F)c5)cc34)c([N+](=O)[O-])c2)CC1. The van der Waals surface area contributed by atoms with Crippen LogP contribution in [0, 0.1) is 21.7 Å². The molecule has 0 bridgehead atoms. The van der Waals surface area contributed by atoms with E-state index in [4.69, 9.17) is 5.10 Å². The Morgan fingerprint density at radius 1 is 0.729 bits per heavy atom. The minimum absolute atomic E-state index is 0.103. The van der Waals surface area contributed by atoms with Gasteiger partial charge in [-0.2, -0.15) is 5.10 Å². The molecule has 2 heterocycles. The lowest BCUT2D eigenvalue weighted by atomic mass is 9.77. The van der Waals surface area contributed by atoms with Crippen molar-refractivity contribution in [2.75, 3.05) is 43.4 Å². The molecule has 0 aliphatic carbocycles. The van der Waals surface area contributed by atoms with E-state index in [1.165, 1.54) is 30.3 Å². The van der Waals surface area contributed by atoms with E-state index in [0.717, 1.165) is 48.3 Å². The van der Waals surface area contributed by atoms with Crippen LogP contribution in [-0.4, -0.2) is 67.2 Å². The van der Waals surface area contributed by atoms with Crippen LogP contribution >= 0.6 is 0 Å². The van der Waals surface area contributed by atoms with Crippen molar-refractivity contribution in [1.82, 2.24) is 14.7 Å². The van der Waals surface area contributed by atoms with Crippen LogP contribution in [0.25, 0.3) is 10.9 Å². The van der Waals surface area contributed by atoms with Crippen molar-refractivity contribution in [2.45, 2.75) is 21.8 Å². The maximum absolute atomic E-state index is 14.3. The standard InChI is InChI=1S/C45H38F2N6O5S/c1-50-22-11-23-51(25-24-50)36-18-20-39(42(29-36)53(55)56)44(54)48-43-40-30-37(59(57,58)38-27-34(46)26-35(47)28-38)19-21-41(40)52(49-43)45(31-12-5-2-6-13-31,32-14-7-3-8-15-32)33-16-9-4-10-17-33/h2-10,12-21,26-30H,11,22-25H2,1H3,(H,48,49,54). The number of sulfone groups is 1. The normalized spacial score (nSPS) is 13.9. The molecule has 0 saturated carbocycles. The molecule has 0 unspecified atom stereocenters. The number of benzene rings is 6. The minimum atomic E-state index is -4.52. The summed E-state index contributed by atoms with van der Waals surface area (Å²) < 4.78 is 58.4. The largest absolute Gasteiger partial charge is 0.370 e. The molecule has 1 aliphatic rings. The van der Waals surface area contributed by atoms with Crippen LogP contribution < -0.4 is 10.2 Å². The Bertz CT molecular complexity index is 2690. The van der Waals surface area contributed by atoms with E-state index in [9.17, 15) is 32.1 Å². The molecule has 1 amide bonds.